The summed E-state index contributed by atoms with van der Waals surface area (Å²) >= 11 is 5.00. The molecule has 2 heterocycles. The van der Waals surface area contributed by atoms with Crippen molar-refractivity contribution in [1.29, 1.82) is 0 Å². The van der Waals surface area contributed by atoms with Crippen LogP contribution in [-0.2, 0) is 13.0 Å². The van der Waals surface area contributed by atoms with E-state index in [2.05, 4.69) is 26.6 Å². The second kappa shape index (κ2) is 6.77. The van der Waals surface area contributed by atoms with Gasteiger partial charge in [-0.1, -0.05) is 0 Å². The van der Waals surface area contributed by atoms with E-state index in [1.807, 2.05) is 30.5 Å². The predicted octanol–water partition coefficient (Wildman–Crippen LogP) is 3.53. The van der Waals surface area contributed by atoms with Crippen molar-refractivity contribution in [2.75, 3.05) is 0 Å². The summed E-state index contributed by atoms with van der Waals surface area (Å²) in [6, 6.07) is 5.61. The fourth-order valence-electron chi connectivity index (χ4n) is 1.68. The standard InChI is InChI=1S/C13H15BrN2O2S/c1-9(5-11-3-2-4-18-11)16-13(17)15-7-10-6-12(14)19-8-10/h2-4,6,8-9H,5,7H2,1H3,(H2,15,16,17)/t9-/m0/s1. The Morgan fingerprint density at radius 2 is 2.42 bits per heavy atom. The number of thiophene rings is 1. The highest BCUT2D eigenvalue weighted by Gasteiger charge is 2.09. The first kappa shape index (κ1) is 14.1. The number of amides is 2. The van der Waals surface area contributed by atoms with Crippen molar-refractivity contribution in [3.63, 3.8) is 0 Å². The molecule has 2 N–H and O–H groups in total. The Hall–Kier alpha value is -1.27. The highest BCUT2D eigenvalue weighted by Crippen LogP contribution is 2.20. The summed E-state index contributed by atoms with van der Waals surface area (Å²) in [6.07, 6.45) is 2.32. The van der Waals surface area contributed by atoms with Crippen molar-refractivity contribution in [3.05, 3.63) is 45.0 Å². The Morgan fingerprint density at radius 3 is 3.05 bits per heavy atom. The van der Waals surface area contributed by atoms with Crippen LogP contribution in [0.15, 0.2) is 38.0 Å². The van der Waals surface area contributed by atoms with Crippen molar-refractivity contribution in [2.45, 2.75) is 25.9 Å². The number of halogens is 1. The van der Waals surface area contributed by atoms with E-state index in [0.29, 0.717) is 13.0 Å². The smallest absolute Gasteiger partial charge is 0.315 e. The first-order chi connectivity index (χ1) is 9.13. The summed E-state index contributed by atoms with van der Waals surface area (Å²) in [5, 5.41) is 7.72. The molecule has 0 saturated heterocycles. The van der Waals surface area contributed by atoms with Gasteiger partial charge in [-0.2, -0.15) is 0 Å². The average molecular weight is 343 g/mol. The van der Waals surface area contributed by atoms with Crippen molar-refractivity contribution in [2.24, 2.45) is 0 Å². The van der Waals surface area contributed by atoms with Crippen LogP contribution in [0.4, 0.5) is 4.79 Å². The van der Waals surface area contributed by atoms with Crippen LogP contribution >= 0.6 is 27.3 Å². The number of rotatable bonds is 5. The molecule has 2 amide bonds. The van der Waals surface area contributed by atoms with Gasteiger partial charge in [0.1, 0.15) is 5.76 Å². The first-order valence-electron chi connectivity index (χ1n) is 5.93. The quantitative estimate of drug-likeness (QED) is 0.873. The Bertz CT molecular complexity index is 524. The lowest BCUT2D eigenvalue weighted by Crippen LogP contribution is -2.41. The first-order valence-corrected chi connectivity index (χ1v) is 7.60. The number of carbonyl (C=O) groups is 1. The predicted molar refractivity (Wildman–Crippen MR) is 79.3 cm³/mol. The summed E-state index contributed by atoms with van der Waals surface area (Å²) in [5.41, 5.74) is 1.09. The molecule has 6 heteroatoms. The minimum atomic E-state index is -0.165. The van der Waals surface area contributed by atoms with Crippen LogP contribution in [0.3, 0.4) is 0 Å². The zero-order chi connectivity index (χ0) is 13.7. The maximum absolute atomic E-state index is 11.7. The molecule has 0 aliphatic carbocycles. The van der Waals surface area contributed by atoms with Gasteiger partial charge in [0.2, 0.25) is 0 Å². The van der Waals surface area contributed by atoms with E-state index in [1.54, 1.807) is 17.6 Å². The van der Waals surface area contributed by atoms with Crippen LogP contribution in [0.2, 0.25) is 0 Å². The SMILES string of the molecule is C[C@@H](Cc1ccco1)NC(=O)NCc1csc(Br)c1. The van der Waals surface area contributed by atoms with Crippen molar-refractivity contribution in [1.82, 2.24) is 10.6 Å². The van der Waals surface area contributed by atoms with Gasteiger partial charge in [-0.25, -0.2) is 4.79 Å². The number of nitrogens with one attached hydrogen (secondary N) is 2. The van der Waals surface area contributed by atoms with Crippen molar-refractivity contribution < 1.29 is 9.21 Å². The third kappa shape index (κ3) is 4.72. The fourth-order valence-corrected chi connectivity index (χ4v) is 2.89. The molecule has 102 valence electrons. The third-order valence-electron chi connectivity index (χ3n) is 2.54. The van der Waals surface area contributed by atoms with E-state index in [9.17, 15) is 4.79 Å². The van der Waals surface area contributed by atoms with Gasteiger partial charge >= 0.3 is 6.03 Å². The number of furan rings is 1. The average Bonchev–Trinajstić information content (AvgIpc) is 2.98. The van der Waals surface area contributed by atoms with Crippen LogP contribution in [0.5, 0.6) is 0 Å². The molecule has 1 atom stereocenters. The highest BCUT2D eigenvalue weighted by molar-refractivity contribution is 9.11. The maximum Gasteiger partial charge on any atom is 0.315 e. The summed E-state index contributed by atoms with van der Waals surface area (Å²) in [5.74, 6) is 0.870. The van der Waals surface area contributed by atoms with Gasteiger partial charge in [-0.15, -0.1) is 11.3 Å². The molecule has 0 spiro atoms. The molecule has 0 saturated carbocycles. The van der Waals surface area contributed by atoms with Gasteiger partial charge in [0.05, 0.1) is 10.0 Å². The largest absolute Gasteiger partial charge is 0.469 e. The molecule has 4 nitrogen and oxygen atoms in total. The lowest BCUT2D eigenvalue weighted by atomic mass is 10.2. The van der Waals surface area contributed by atoms with Gasteiger partial charge in [0.25, 0.3) is 0 Å². The molecule has 0 bridgehead atoms. The number of hydrogen-bond acceptors (Lipinski definition) is 3. The Labute approximate surface area is 124 Å². The molecular formula is C13H15BrN2O2S. The van der Waals surface area contributed by atoms with E-state index in [4.69, 9.17) is 4.42 Å². The topological polar surface area (TPSA) is 54.3 Å². The molecule has 2 aromatic heterocycles. The Morgan fingerprint density at radius 1 is 1.58 bits per heavy atom. The van der Waals surface area contributed by atoms with E-state index in [0.717, 1.165) is 15.1 Å². The molecule has 0 fully saturated rings. The van der Waals surface area contributed by atoms with Crippen molar-refractivity contribution >= 4 is 33.3 Å². The van der Waals surface area contributed by atoms with Crippen LogP contribution in [0.1, 0.15) is 18.2 Å². The molecule has 0 aliphatic rings. The summed E-state index contributed by atoms with van der Waals surface area (Å²) in [4.78, 5) is 11.7. The maximum atomic E-state index is 11.7. The lowest BCUT2D eigenvalue weighted by Gasteiger charge is -2.13. The van der Waals surface area contributed by atoms with E-state index >= 15 is 0 Å². The van der Waals surface area contributed by atoms with Gasteiger partial charge in [0.15, 0.2) is 0 Å². The second-order valence-electron chi connectivity index (χ2n) is 4.27. The Kier molecular flexibility index (Phi) is 5.04. The molecule has 0 unspecified atom stereocenters. The molecule has 2 aromatic rings. The van der Waals surface area contributed by atoms with Crippen LogP contribution in [-0.4, -0.2) is 12.1 Å². The highest BCUT2D eigenvalue weighted by atomic mass is 79.9. The van der Waals surface area contributed by atoms with Crippen LogP contribution in [0.25, 0.3) is 0 Å². The molecule has 0 aromatic carbocycles. The summed E-state index contributed by atoms with van der Waals surface area (Å²) in [7, 11) is 0. The molecule has 0 radical (unpaired) electrons. The molecule has 0 aliphatic heterocycles. The minimum Gasteiger partial charge on any atom is -0.469 e. The van der Waals surface area contributed by atoms with Gasteiger partial charge in [-0.3, -0.25) is 0 Å². The third-order valence-corrected chi connectivity index (χ3v) is 4.09. The Balaban J connectivity index is 1.71. The lowest BCUT2D eigenvalue weighted by molar-refractivity contribution is 0.237. The van der Waals surface area contributed by atoms with Gasteiger partial charge in [0, 0.05) is 19.0 Å². The zero-order valence-corrected chi connectivity index (χ0v) is 12.9. The summed E-state index contributed by atoms with van der Waals surface area (Å²) < 4.78 is 6.31. The molecular weight excluding hydrogens is 328 g/mol. The number of urea groups is 1. The van der Waals surface area contributed by atoms with E-state index in [1.165, 1.54) is 0 Å². The minimum absolute atomic E-state index is 0.0281. The normalized spacial score (nSPS) is 12.1. The summed E-state index contributed by atoms with van der Waals surface area (Å²) in [6.45, 7) is 2.48. The van der Waals surface area contributed by atoms with Crippen LogP contribution in [0, 0.1) is 0 Å². The van der Waals surface area contributed by atoms with E-state index < -0.39 is 0 Å². The second-order valence-corrected chi connectivity index (χ2v) is 6.56. The van der Waals surface area contributed by atoms with Crippen LogP contribution < -0.4 is 10.6 Å². The fraction of sp³-hybridized carbons (Fsp3) is 0.308. The molecule has 2 rings (SSSR count). The van der Waals surface area contributed by atoms with E-state index in [-0.39, 0.29) is 12.1 Å². The van der Waals surface area contributed by atoms with Crippen molar-refractivity contribution in [3.8, 4) is 0 Å². The molecule has 19 heavy (non-hydrogen) atoms. The van der Waals surface area contributed by atoms with Gasteiger partial charge in [-0.05, 0) is 52.0 Å². The monoisotopic (exact) mass is 342 g/mol. The number of carbonyl (C=O) groups excluding carboxylic acids is 1. The number of hydrogen-bond donors (Lipinski definition) is 2. The van der Waals surface area contributed by atoms with Gasteiger partial charge < -0.3 is 15.1 Å². The zero-order valence-electron chi connectivity index (χ0n) is 10.5.